The number of rotatable bonds is 5. The van der Waals surface area contributed by atoms with E-state index in [2.05, 4.69) is 10.3 Å². The summed E-state index contributed by atoms with van der Waals surface area (Å²) in [4.78, 5) is 17.0. The van der Waals surface area contributed by atoms with E-state index in [1.807, 2.05) is 36.4 Å². The number of benzene rings is 3. The van der Waals surface area contributed by atoms with Gasteiger partial charge < -0.3 is 14.2 Å². The Morgan fingerprint density at radius 1 is 0.848 bits per heavy atom. The van der Waals surface area contributed by atoms with Gasteiger partial charge in [-0.2, -0.15) is 0 Å². The van der Waals surface area contributed by atoms with Crippen LogP contribution < -0.4 is 5.32 Å². The molecule has 33 heavy (non-hydrogen) atoms. The maximum atomic E-state index is 12.6. The third-order valence-corrected chi connectivity index (χ3v) is 5.73. The van der Waals surface area contributed by atoms with Crippen molar-refractivity contribution in [2.45, 2.75) is 6.42 Å². The third-order valence-electron chi connectivity index (χ3n) is 4.98. The molecule has 5 aromatic rings. The molecule has 8 heteroatoms. The summed E-state index contributed by atoms with van der Waals surface area (Å²) in [6.07, 6.45) is 0.472. The van der Waals surface area contributed by atoms with Crippen LogP contribution in [0.25, 0.3) is 22.4 Å². The Labute approximate surface area is 203 Å². The molecule has 5 nitrogen and oxygen atoms in total. The number of carbonyl (C=O) groups is 1. The van der Waals surface area contributed by atoms with Gasteiger partial charge in [0.25, 0.3) is 5.91 Å². The van der Waals surface area contributed by atoms with Crippen LogP contribution in [0.2, 0.25) is 15.1 Å². The lowest BCUT2D eigenvalue weighted by molar-refractivity contribution is 0.0997. The van der Waals surface area contributed by atoms with Crippen LogP contribution >= 0.6 is 34.8 Å². The summed E-state index contributed by atoms with van der Waals surface area (Å²) in [5.74, 6) is 0.989. The number of furan rings is 1. The summed E-state index contributed by atoms with van der Waals surface area (Å²) < 4.78 is 11.5. The summed E-state index contributed by atoms with van der Waals surface area (Å²) in [5, 5.41) is 4.40. The molecule has 0 spiro atoms. The Balaban J connectivity index is 1.26. The minimum absolute atomic E-state index is 0.214. The number of aromatic nitrogens is 1. The summed E-state index contributed by atoms with van der Waals surface area (Å²) in [5.41, 5.74) is 3.56. The molecule has 0 aliphatic heterocycles. The number of anilines is 1. The Bertz CT molecular complexity index is 1460. The van der Waals surface area contributed by atoms with Gasteiger partial charge in [-0.05, 0) is 66.2 Å². The highest BCUT2D eigenvalue weighted by Crippen LogP contribution is 2.29. The number of nitrogens with one attached hydrogen (secondary N) is 1. The van der Waals surface area contributed by atoms with Crippen LogP contribution in [0, 0.1) is 0 Å². The van der Waals surface area contributed by atoms with E-state index in [0.717, 1.165) is 11.1 Å². The van der Waals surface area contributed by atoms with Crippen molar-refractivity contribution in [3.63, 3.8) is 0 Å². The monoisotopic (exact) mass is 496 g/mol. The summed E-state index contributed by atoms with van der Waals surface area (Å²) in [6, 6.07) is 21.3. The van der Waals surface area contributed by atoms with Gasteiger partial charge >= 0.3 is 0 Å². The summed E-state index contributed by atoms with van der Waals surface area (Å²) >= 11 is 18.1. The summed E-state index contributed by atoms with van der Waals surface area (Å²) in [6.45, 7) is 0. The molecule has 0 aliphatic carbocycles. The lowest BCUT2D eigenvalue weighted by atomic mass is 10.1. The van der Waals surface area contributed by atoms with Crippen LogP contribution in [0.5, 0.6) is 0 Å². The fourth-order valence-electron chi connectivity index (χ4n) is 3.38. The van der Waals surface area contributed by atoms with Crippen LogP contribution in [0.1, 0.15) is 22.0 Å². The quantitative estimate of drug-likeness (QED) is 0.268. The van der Waals surface area contributed by atoms with E-state index in [4.69, 9.17) is 43.6 Å². The van der Waals surface area contributed by atoms with Gasteiger partial charge in [0, 0.05) is 27.7 Å². The number of carbonyl (C=O) groups excluding carboxylic acids is 1. The van der Waals surface area contributed by atoms with Crippen LogP contribution in [0.3, 0.4) is 0 Å². The first-order chi connectivity index (χ1) is 15.9. The molecule has 0 unspecified atom stereocenters. The van der Waals surface area contributed by atoms with Gasteiger partial charge in [0.05, 0.1) is 5.02 Å². The van der Waals surface area contributed by atoms with Crippen molar-refractivity contribution in [2.75, 3.05) is 5.32 Å². The molecular formula is C25H15Cl3N2O3. The van der Waals surface area contributed by atoms with Crippen molar-refractivity contribution in [1.82, 2.24) is 4.98 Å². The van der Waals surface area contributed by atoms with Crippen molar-refractivity contribution in [3.05, 3.63) is 105 Å². The zero-order chi connectivity index (χ0) is 22.9. The highest BCUT2D eigenvalue weighted by molar-refractivity contribution is 6.38. The molecule has 0 aliphatic rings. The molecule has 0 saturated carbocycles. The molecule has 0 atom stereocenters. The third kappa shape index (κ3) is 4.76. The molecule has 164 valence electrons. The Morgan fingerprint density at radius 3 is 2.36 bits per heavy atom. The molecule has 1 amide bonds. The Hall–Kier alpha value is -3.25. The van der Waals surface area contributed by atoms with Crippen molar-refractivity contribution in [1.29, 1.82) is 0 Å². The van der Waals surface area contributed by atoms with E-state index in [1.54, 1.807) is 36.4 Å². The number of fused-ring (bicyclic) bond motifs is 1. The minimum atomic E-state index is -0.339. The van der Waals surface area contributed by atoms with Gasteiger partial charge in [0.15, 0.2) is 17.2 Å². The van der Waals surface area contributed by atoms with E-state index in [-0.39, 0.29) is 11.7 Å². The lowest BCUT2D eigenvalue weighted by Crippen LogP contribution is -2.10. The van der Waals surface area contributed by atoms with E-state index in [0.29, 0.717) is 49.9 Å². The van der Waals surface area contributed by atoms with Crippen molar-refractivity contribution >= 4 is 57.5 Å². The number of hydrogen-bond acceptors (Lipinski definition) is 4. The minimum Gasteiger partial charge on any atom is -0.451 e. The second kappa shape index (κ2) is 8.94. The average Bonchev–Trinajstić information content (AvgIpc) is 3.43. The van der Waals surface area contributed by atoms with Gasteiger partial charge in [0.1, 0.15) is 11.3 Å². The van der Waals surface area contributed by atoms with Crippen LogP contribution in [0.15, 0.2) is 81.6 Å². The first-order valence-electron chi connectivity index (χ1n) is 9.95. The zero-order valence-electron chi connectivity index (χ0n) is 16.9. The lowest BCUT2D eigenvalue weighted by Gasteiger charge is -2.05. The van der Waals surface area contributed by atoms with Gasteiger partial charge in [-0.25, -0.2) is 4.98 Å². The summed E-state index contributed by atoms with van der Waals surface area (Å²) in [7, 11) is 0. The second-order valence-electron chi connectivity index (χ2n) is 7.34. The zero-order valence-corrected chi connectivity index (χ0v) is 19.2. The molecule has 0 fully saturated rings. The van der Waals surface area contributed by atoms with E-state index in [9.17, 15) is 4.79 Å². The van der Waals surface area contributed by atoms with Crippen LogP contribution in [-0.4, -0.2) is 10.9 Å². The molecule has 1 N–H and O–H groups in total. The first kappa shape index (κ1) is 21.6. The first-order valence-corrected chi connectivity index (χ1v) is 11.1. The Kier molecular flexibility index (Phi) is 5.85. The van der Waals surface area contributed by atoms with Crippen molar-refractivity contribution in [2.24, 2.45) is 0 Å². The largest absolute Gasteiger partial charge is 0.451 e. The fraction of sp³-hybridized carbons (Fsp3) is 0.0400. The predicted molar refractivity (Wildman–Crippen MR) is 130 cm³/mol. The maximum Gasteiger partial charge on any atom is 0.291 e. The van der Waals surface area contributed by atoms with Gasteiger partial charge in [0.2, 0.25) is 0 Å². The SMILES string of the molecule is O=C(Nc1ccc(Cc2nc3cc(Cl)cc(Cl)c3o2)cc1)c1ccc(-c2ccc(Cl)cc2)o1. The molecule has 0 radical (unpaired) electrons. The fourth-order valence-corrected chi connectivity index (χ4v) is 4.03. The average molecular weight is 498 g/mol. The highest BCUT2D eigenvalue weighted by Gasteiger charge is 2.14. The molecular weight excluding hydrogens is 483 g/mol. The second-order valence-corrected chi connectivity index (χ2v) is 8.62. The number of oxazole rings is 1. The predicted octanol–water partition coefficient (Wildman–Crippen LogP) is 7.89. The Morgan fingerprint density at radius 2 is 1.61 bits per heavy atom. The topological polar surface area (TPSA) is 68.3 Å². The molecule has 0 saturated heterocycles. The van der Waals surface area contributed by atoms with Gasteiger partial charge in [-0.15, -0.1) is 0 Å². The van der Waals surface area contributed by atoms with Crippen LogP contribution in [-0.2, 0) is 6.42 Å². The van der Waals surface area contributed by atoms with Crippen LogP contribution in [0.4, 0.5) is 5.69 Å². The van der Waals surface area contributed by atoms with E-state index < -0.39 is 0 Å². The number of hydrogen-bond donors (Lipinski definition) is 1. The maximum absolute atomic E-state index is 12.6. The number of nitrogens with zero attached hydrogens (tertiary/aromatic N) is 1. The van der Waals surface area contributed by atoms with Gasteiger partial charge in [-0.1, -0.05) is 46.9 Å². The van der Waals surface area contributed by atoms with Gasteiger partial charge in [-0.3, -0.25) is 4.79 Å². The van der Waals surface area contributed by atoms with E-state index in [1.165, 1.54) is 0 Å². The van der Waals surface area contributed by atoms with E-state index >= 15 is 0 Å². The normalized spacial score (nSPS) is 11.1. The smallest absolute Gasteiger partial charge is 0.291 e. The molecule has 3 aromatic carbocycles. The molecule has 5 rings (SSSR count). The standard InChI is InChI=1S/C25H15Cl3N2O3/c26-16-5-3-15(4-6-16)21-9-10-22(32-21)25(31)29-18-7-1-14(2-8-18)11-23-30-20-13-17(27)12-19(28)24(20)33-23/h1-10,12-13H,11H2,(H,29,31). The molecule has 2 aromatic heterocycles. The molecule has 2 heterocycles. The van der Waals surface area contributed by atoms with Crippen molar-refractivity contribution < 1.29 is 13.6 Å². The highest BCUT2D eigenvalue weighted by atomic mass is 35.5. The van der Waals surface area contributed by atoms with Crippen molar-refractivity contribution in [3.8, 4) is 11.3 Å². The number of amides is 1. The number of halogens is 3. The molecule has 0 bridgehead atoms.